The molecule has 14 nitrogen and oxygen atoms in total. The van der Waals surface area contributed by atoms with Crippen LogP contribution in [-0.2, 0) is 11.8 Å². The van der Waals surface area contributed by atoms with Crippen LogP contribution in [0.15, 0.2) is 64.5 Å². The molecule has 8 rings (SSSR count). The van der Waals surface area contributed by atoms with E-state index in [1.807, 2.05) is 25.1 Å². The largest absolute Gasteiger partial charge is 0.478 e. The Labute approximate surface area is 351 Å². The van der Waals surface area contributed by atoms with Crippen molar-refractivity contribution in [2.75, 3.05) is 59.9 Å². The molecule has 0 spiro atoms. The minimum absolute atomic E-state index is 0.0870. The Morgan fingerprint density at radius 2 is 1.76 bits per heavy atom. The van der Waals surface area contributed by atoms with Gasteiger partial charge in [0.1, 0.15) is 27.7 Å². The first-order chi connectivity index (χ1) is 28.3. The molecule has 0 aliphatic carbocycles. The number of amidine groups is 2. The first-order valence-corrected chi connectivity index (χ1v) is 21.0. The molecule has 16 heteroatoms. The number of halogens is 1. The fourth-order valence-electron chi connectivity index (χ4n) is 8.39. The molecule has 59 heavy (non-hydrogen) atoms. The van der Waals surface area contributed by atoms with Crippen molar-refractivity contribution in [2.45, 2.75) is 46.6 Å². The molecule has 2 fully saturated rings. The summed E-state index contributed by atoms with van der Waals surface area (Å²) >= 11 is 8.25. The monoisotopic (exact) mass is 833 g/mol. The van der Waals surface area contributed by atoms with Crippen LogP contribution in [0.3, 0.4) is 0 Å². The SMILES string of the molecule is CNC(=O)COc1cc2cc(Nc3nc(N4CCC5CN(c6ccc(C7=N[C@@H](C)C(=N)N(C(C)=N)c8sc(C)c(C)c87)cc6)CCC5C4)ncc3Cl)ccc2n(C)c1=O. The molecule has 6 heterocycles. The van der Waals surface area contributed by atoms with Gasteiger partial charge >= 0.3 is 0 Å². The summed E-state index contributed by atoms with van der Waals surface area (Å²) in [7, 11) is 3.18. The van der Waals surface area contributed by atoms with Gasteiger partial charge in [-0.05, 0) is 94.3 Å². The molecule has 3 atom stereocenters. The molecular formula is C43H48ClN11O3S. The normalized spacial score (nSPS) is 19.2. The number of likely N-dealkylation sites (N-methyl/N-ethyl adjacent to an activating group) is 1. The lowest BCUT2D eigenvalue weighted by molar-refractivity contribution is -0.122. The summed E-state index contributed by atoms with van der Waals surface area (Å²) in [6.07, 6.45) is 3.71. The lowest BCUT2D eigenvalue weighted by Gasteiger charge is -2.45. The van der Waals surface area contributed by atoms with Crippen LogP contribution in [-0.4, -0.2) is 83.7 Å². The number of ether oxygens (including phenoxy) is 1. The first kappa shape index (κ1) is 40.0. The molecule has 0 bridgehead atoms. The number of pyridine rings is 1. The maximum absolute atomic E-state index is 12.8. The van der Waals surface area contributed by atoms with Gasteiger partial charge in [0.15, 0.2) is 18.2 Å². The molecule has 5 aromatic rings. The van der Waals surface area contributed by atoms with Crippen LogP contribution in [0.4, 0.5) is 28.1 Å². The quantitative estimate of drug-likeness (QED) is 0.0961. The molecule has 3 aliphatic heterocycles. The minimum Gasteiger partial charge on any atom is -0.478 e. The highest BCUT2D eigenvalue weighted by molar-refractivity contribution is 7.17. The van der Waals surface area contributed by atoms with Gasteiger partial charge in [0, 0.05) is 73.0 Å². The second-order valence-electron chi connectivity index (χ2n) is 15.6. The average Bonchev–Trinajstić information content (AvgIpc) is 3.46. The molecule has 0 radical (unpaired) electrons. The van der Waals surface area contributed by atoms with Crippen molar-refractivity contribution in [3.8, 4) is 5.75 Å². The number of aryl methyl sites for hydroxylation is 2. The van der Waals surface area contributed by atoms with Crippen molar-refractivity contribution in [1.82, 2.24) is 19.9 Å². The summed E-state index contributed by atoms with van der Waals surface area (Å²) in [5.74, 6) is 2.56. The lowest BCUT2D eigenvalue weighted by Crippen LogP contribution is -2.50. The molecule has 306 valence electrons. The van der Waals surface area contributed by atoms with E-state index in [9.17, 15) is 9.59 Å². The van der Waals surface area contributed by atoms with Crippen LogP contribution in [0.1, 0.15) is 48.3 Å². The molecule has 0 saturated carbocycles. The summed E-state index contributed by atoms with van der Waals surface area (Å²) in [6, 6.07) is 15.6. The van der Waals surface area contributed by atoms with E-state index >= 15 is 0 Å². The number of hydrogen-bond donors (Lipinski definition) is 4. The second-order valence-corrected chi connectivity index (χ2v) is 17.2. The number of fused-ring (bicyclic) bond motifs is 3. The Hall–Kier alpha value is -5.80. The molecule has 2 aromatic carbocycles. The van der Waals surface area contributed by atoms with Crippen molar-refractivity contribution < 1.29 is 9.53 Å². The van der Waals surface area contributed by atoms with Crippen molar-refractivity contribution in [3.05, 3.63) is 91.7 Å². The van der Waals surface area contributed by atoms with Gasteiger partial charge in [0.05, 0.1) is 17.4 Å². The first-order valence-electron chi connectivity index (χ1n) is 19.8. The number of benzene rings is 2. The van der Waals surface area contributed by atoms with Crippen molar-refractivity contribution >= 4 is 85.3 Å². The van der Waals surface area contributed by atoms with Gasteiger partial charge in [0.25, 0.3) is 11.5 Å². The minimum atomic E-state index is -0.378. The fourth-order valence-corrected chi connectivity index (χ4v) is 9.75. The summed E-state index contributed by atoms with van der Waals surface area (Å²) < 4.78 is 7.03. The van der Waals surface area contributed by atoms with E-state index in [-0.39, 0.29) is 29.9 Å². The number of aromatic nitrogens is 3. The Balaban J connectivity index is 0.939. The van der Waals surface area contributed by atoms with Gasteiger partial charge in [0.2, 0.25) is 5.95 Å². The Kier molecular flexibility index (Phi) is 10.9. The Bertz CT molecular complexity index is 2590. The zero-order chi connectivity index (χ0) is 41.7. The van der Waals surface area contributed by atoms with Crippen LogP contribution < -0.4 is 35.6 Å². The predicted octanol–water partition coefficient (Wildman–Crippen LogP) is 6.90. The molecule has 4 N–H and O–H groups in total. The molecule has 3 aliphatic rings. The number of nitrogens with zero attached hydrogens (tertiary/aromatic N) is 7. The van der Waals surface area contributed by atoms with Gasteiger partial charge < -0.3 is 29.7 Å². The highest BCUT2D eigenvalue weighted by atomic mass is 35.5. The maximum atomic E-state index is 12.8. The number of carbonyl (C=O) groups is 1. The second kappa shape index (κ2) is 16.1. The van der Waals surface area contributed by atoms with Crippen molar-refractivity contribution in [3.63, 3.8) is 0 Å². The number of hydrogen-bond acceptors (Lipinski definition) is 12. The summed E-state index contributed by atoms with van der Waals surface area (Å²) in [6.45, 7) is 11.2. The summed E-state index contributed by atoms with van der Waals surface area (Å²) in [5.41, 5.74) is 6.37. The van der Waals surface area contributed by atoms with Crippen LogP contribution in [0, 0.1) is 36.5 Å². The number of carbonyl (C=O) groups excluding carboxylic acids is 1. The van der Waals surface area contributed by atoms with Crippen LogP contribution in [0.25, 0.3) is 10.9 Å². The van der Waals surface area contributed by atoms with Crippen LogP contribution in [0.5, 0.6) is 5.75 Å². The third-order valence-electron chi connectivity index (χ3n) is 11.8. The number of piperidine rings is 2. The number of thiophene rings is 1. The smallest absolute Gasteiger partial charge is 0.293 e. The predicted molar refractivity (Wildman–Crippen MR) is 239 cm³/mol. The van der Waals surface area contributed by atoms with E-state index in [0.717, 1.165) is 77.5 Å². The number of rotatable bonds is 8. The van der Waals surface area contributed by atoms with Gasteiger partial charge in [-0.15, -0.1) is 11.3 Å². The van der Waals surface area contributed by atoms with E-state index in [2.05, 4.69) is 63.5 Å². The standard InChI is InChI=1S/C43H48ClN11O3S/c1-23-25(3)59-42-37(23)38(49-24(2)39(46)55(42)26(4)45)27-7-10-32(11-8-27)53-15-13-29-21-54(16-14-28(29)20-53)43-48-19-33(44)40(51-43)50-31-9-12-34-30(17-31)18-35(41(57)52(34)6)58-22-36(56)47-5/h7-12,17-19,24,28-29,45-46H,13-16,20-22H2,1-6H3,(H,47,56)(H,48,50,51)/t24-,28?,29?/m0/s1. The summed E-state index contributed by atoms with van der Waals surface area (Å²) in [4.78, 5) is 46.8. The van der Waals surface area contributed by atoms with E-state index < -0.39 is 0 Å². The molecule has 1 amide bonds. The third kappa shape index (κ3) is 7.64. The summed E-state index contributed by atoms with van der Waals surface area (Å²) in [5, 5.41) is 25.2. The highest BCUT2D eigenvalue weighted by Crippen LogP contribution is 2.41. The Morgan fingerprint density at radius 3 is 2.47 bits per heavy atom. The zero-order valence-corrected chi connectivity index (χ0v) is 35.6. The average molecular weight is 834 g/mol. The van der Waals surface area contributed by atoms with E-state index in [4.69, 9.17) is 37.1 Å². The third-order valence-corrected chi connectivity index (χ3v) is 13.3. The highest BCUT2D eigenvalue weighted by Gasteiger charge is 2.36. The van der Waals surface area contributed by atoms with Crippen molar-refractivity contribution in [2.24, 2.45) is 23.9 Å². The van der Waals surface area contributed by atoms with Gasteiger partial charge in [-0.1, -0.05) is 23.7 Å². The van der Waals surface area contributed by atoms with Crippen molar-refractivity contribution in [1.29, 1.82) is 10.8 Å². The molecule has 2 saturated heterocycles. The van der Waals surface area contributed by atoms with E-state index in [1.54, 1.807) is 42.5 Å². The van der Waals surface area contributed by atoms with E-state index in [0.29, 0.717) is 45.8 Å². The number of amides is 1. The molecular weight excluding hydrogens is 786 g/mol. The van der Waals surface area contributed by atoms with E-state index in [1.165, 1.54) is 22.2 Å². The van der Waals surface area contributed by atoms with Gasteiger partial charge in [-0.2, -0.15) is 4.98 Å². The maximum Gasteiger partial charge on any atom is 0.293 e. The molecule has 2 unspecified atom stereocenters. The number of anilines is 5. The zero-order valence-electron chi connectivity index (χ0n) is 34.0. The van der Waals surface area contributed by atoms with Gasteiger partial charge in [-0.25, -0.2) is 4.98 Å². The topological polar surface area (TPSA) is 168 Å². The molecule has 3 aromatic heterocycles. The van der Waals surface area contributed by atoms with Crippen LogP contribution >= 0.6 is 22.9 Å². The van der Waals surface area contributed by atoms with Gasteiger partial charge in [-0.3, -0.25) is 30.3 Å². The number of aliphatic imine (C=N–C) groups is 1. The lowest BCUT2D eigenvalue weighted by atomic mass is 9.80. The fraction of sp³-hybridized carbons (Fsp3) is 0.372. The van der Waals surface area contributed by atoms with Crippen LogP contribution in [0.2, 0.25) is 5.02 Å². The number of nitrogens with one attached hydrogen (secondary N) is 4. The Morgan fingerprint density at radius 1 is 1.05 bits per heavy atom.